The Labute approximate surface area is 134 Å². The summed E-state index contributed by atoms with van der Waals surface area (Å²) in [5.41, 5.74) is 3.00. The van der Waals surface area contributed by atoms with Crippen LogP contribution in [0.4, 0.5) is 5.69 Å². The summed E-state index contributed by atoms with van der Waals surface area (Å²) >= 11 is 4.70. The van der Waals surface area contributed by atoms with Crippen LogP contribution in [0.5, 0.6) is 0 Å². The molecule has 2 rings (SSSR count). The van der Waals surface area contributed by atoms with Crippen LogP contribution < -0.4 is 5.32 Å². The van der Waals surface area contributed by atoms with Crippen molar-refractivity contribution >= 4 is 44.8 Å². The average Bonchev–Trinajstić information content (AvgIpc) is 2.72. The van der Waals surface area contributed by atoms with Crippen molar-refractivity contribution < 1.29 is 14.7 Å². The maximum absolute atomic E-state index is 12.3. The molecule has 0 atom stereocenters. The Balaban J connectivity index is 2.39. The Morgan fingerprint density at radius 2 is 1.81 bits per heavy atom. The number of rotatable bonds is 3. The molecule has 1 aromatic heterocycles. The summed E-state index contributed by atoms with van der Waals surface area (Å²) in [5, 5.41) is 12.0. The van der Waals surface area contributed by atoms with E-state index < -0.39 is 5.97 Å². The van der Waals surface area contributed by atoms with Crippen molar-refractivity contribution in [1.29, 1.82) is 0 Å². The number of aryl methyl sites for hydroxylation is 3. The highest BCUT2D eigenvalue weighted by atomic mass is 79.9. The molecule has 0 bridgehead atoms. The number of carboxylic acids is 1. The minimum absolute atomic E-state index is 0.105. The van der Waals surface area contributed by atoms with E-state index in [2.05, 4.69) is 21.2 Å². The van der Waals surface area contributed by atoms with Gasteiger partial charge in [0, 0.05) is 0 Å². The monoisotopic (exact) mass is 367 g/mol. The highest BCUT2D eigenvalue weighted by Crippen LogP contribution is 2.29. The van der Waals surface area contributed by atoms with Crippen LogP contribution in [-0.4, -0.2) is 17.0 Å². The number of carboxylic acid groups (broad SMARTS) is 1. The highest BCUT2D eigenvalue weighted by molar-refractivity contribution is 9.11. The fraction of sp³-hybridized carbons (Fsp3) is 0.200. The molecule has 1 heterocycles. The lowest BCUT2D eigenvalue weighted by molar-refractivity contribution is 0.0698. The van der Waals surface area contributed by atoms with Crippen LogP contribution in [0, 0.1) is 20.8 Å². The van der Waals surface area contributed by atoms with Gasteiger partial charge in [-0.2, -0.15) is 0 Å². The Bertz CT molecular complexity index is 717. The first kappa shape index (κ1) is 15.7. The van der Waals surface area contributed by atoms with E-state index in [1.807, 2.05) is 19.9 Å². The lowest BCUT2D eigenvalue weighted by Gasteiger charge is -2.12. The number of carbonyl (C=O) groups is 2. The molecule has 1 aromatic carbocycles. The van der Waals surface area contributed by atoms with Crippen LogP contribution in [0.15, 0.2) is 22.0 Å². The zero-order chi connectivity index (χ0) is 15.7. The molecule has 0 aliphatic heterocycles. The number of anilines is 1. The van der Waals surface area contributed by atoms with Gasteiger partial charge in [-0.3, -0.25) is 4.79 Å². The van der Waals surface area contributed by atoms with Crippen molar-refractivity contribution in [3.8, 4) is 0 Å². The fourth-order valence-electron chi connectivity index (χ4n) is 2.05. The summed E-state index contributed by atoms with van der Waals surface area (Å²) < 4.78 is 0.895. The predicted molar refractivity (Wildman–Crippen MR) is 87.6 cm³/mol. The third-order valence-corrected chi connectivity index (χ3v) is 5.17. The number of nitrogens with one attached hydrogen (secondary N) is 1. The molecular weight excluding hydrogens is 354 g/mol. The van der Waals surface area contributed by atoms with E-state index in [9.17, 15) is 14.7 Å². The van der Waals surface area contributed by atoms with E-state index in [4.69, 9.17) is 0 Å². The van der Waals surface area contributed by atoms with Crippen molar-refractivity contribution in [3.05, 3.63) is 49.1 Å². The Morgan fingerprint density at radius 1 is 1.14 bits per heavy atom. The van der Waals surface area contributed by atoms with Crippen molar-refractivity contribution in [3.63, 3.8) is 0 Å². The molecule has 0 unspecified atom stereocenters. The third-order valence-electron chi connectivity index (χ3n) is 3.03. The minimum atomic E-state index is -1.05. The first-order valence-corrected chi connectivity index (χ1v) is 7.82. The molecular formula is C15H14BrNO3S. The van der Waals surface area contributed by atoms with Crippen LogP contribution in [0.1, 0.15) is 36.7 Å². The van der Waals surface area contributed by atoms with Gasteiger partial charge in [0.2, 0.25) is 0 Å². The van der Waals surface area contributed by atoms with Crippen LogP contribution >= 0.6 is 27.3 Å². The van der Waals surface area contributed by atoms with Gasteiger partial charge < -0.3 is 10.4 Å². The second-order valence-corrected chi connectivity index (χ2v) is 7.20. The van der Waals surface area contributed by atoms with Gasteiger partial charge in [-0.15, -0.1) is 11.3 Å². The molecule has 21 heavy (non-hydrogen) atoms. The quantitative estimate of drug-likeness (QED) is 0.845. The van der Waals surface area contributed by atoms with Gasteiger partial charge in [0.25, 0.3) is 5.91 Å². The molecule has 1 amide bonds. The van der Waals surface area contributed by atoms with Crippen LogP contribution in [0.25, 0.3) is 0 Å². The number of hydrogen-bond acceptors (Lipinski definition) is 3. The van der Waals surface area contributed by atoms with Gasteiger partial charge in [-0.25, -0.2) is 4.79 Å². The molecule has 110 valence electrons. The molecule has 0 fully saturated rings. The maximum atomic E-state index is 12.3. The van der Waals surface area contributed by atoms with E-state index in [0.717, 1.165) is 20.5 Å². The van der Waals surface area contributed by atoms with E-state index in [0.29, 0.717) is 10.6 Å². The Kier molecular flexibility index (Phi) is 4.49. The number of carbonyl (C=O) groups excluding carboxylic acids is 1. The highest BCUT2D eigenvalue weighted by Gasteiger charge is 2.18. The lowest BCUT2D eigenvalue weighted by atomic mass is 10.0. The molecule has 2 N–H and O–H groups in total. The molecule has 0 radical (unpaired) electrons. The molecule has 0 saturated carbocycles. The molecule has 2 aromatic rings. The number of amides is 1. The average molecular weight is 368 g/mol. The largest absolute Gasteiger partial charge is 0.478 e. The van der Waals surface area contributed by atoms with E-state index in [1.54, 1.807) is 19.1 Å². The van der Waals surface area contributed by atoms with Gasteiger partial charge in [-0.1, -0.05) is 6.07 Å². The van der Waals surface area contributed by atoms with Gasteiger partial charge in [0.1, 0.15) is 0 Å². The summed E-state index contributed by atoms with van der Waals surface area (Å²) in [6, 6.07) is 5.17. The second-order valence-electron chi connectivity index (χ2n) is 4.83. The van der Waals surface area contributed by atoms with Crippen LogP contribution in [0.2, 0.25) is 0 Å². The summed E-state index contributed by atoms with van der Waals surface area (Å²) in [6.45, 7) is 5.51. The number of halogens is 1. The van der Waals surface area contributed by atoms with Crippen LogP contribution in [-0.2, 0) is 0 Å². The number of aromatic carboxylic acids is 1. The number of thiophene rings is 1. The first-order chi connectivity index (χ1) is 9.79. The summed E-state index contributed by atoms with van der Waals surface area (Å²) in [6.07, 6.45) is 0. The van der Waals surface area contributed by atoms with Crippen molar-refractivity contribution in [2.75, 3.05) is 5.32 Å². The number of hydrogen-bond donors (Lipinski definition) is 2. The number of benzene rings is 1. The van der Waals surface area contributed by atoms with Gasteiger partial charge in [-0.05, 0) is 65.5 Å². The molecule has 4 nitrogen and oxygen atoms in total. The van der Waals surface area contributed by atoms with E-state index in [1.165, 1.54) is 11.3 Å². The SMILES string of the molecule is Cc1cc(C)c(NC(=O)c2cc(C)c(Br)s2)c(C(=O)O)c1. The van der Waals surface area contributed by atoms with Gasteiger partial charge in [0.05, 0.1) is 19.9 Å². The first-order valence-electron chi connectivity index (χ1n) is 6.21. The molecule has 6 heteroatoms. The fourth-order valence-corrected chi connectivity index (χ4v) is 3.48. The van der Waals surface area contributed by atoms with E-state index in [-0.39, 0.29) is 11.5 Å². The summed E-state index contributed by atoms with van der Waals surface area (Å²) in [7, 11) is 0. The standard InChI is InChI=1S/C15H14BrNO3S/c1-7-4-8(2)12(10(5-7)15(19)20)17-14(18)11-6-9(3)13(16)21-11/h4-6H,1-3H3,(H,17,18)(H,19,20). The third kappa shape index (κ3) is 3.33. The zero-order valence-corrected chi connectivity index (χ0v) is 14.2. The second kappa shape index (κ2) is 5.99. The zero-order valence-electron chi connectivity index (χ0n) is 11.8. The molecule has 0 aliphatic rings. The van der Waals surface area contributed by atoms with Crippen molar-refractivity contribution in [1.82, 2.24) is 0 Å². The van der Waals surface area contributed by atoms with Crippen LogP contribution in [0.3, 0.4) is 0 Å². The Morgan fingerprint density at radius 3 is 2.33 bits per heavy atom. The Hall–Kier alpha value is -1.66. The molecule has 0 saturated heterocycles. The summed E-state index contributed by atoms with van der Waals surface area (Å²) in [4.78, 5) is 24.2. The predicted octanol–water partition coefficient (Wildman–Crippen LogP) is 4.39. The smallest absolute Gasteiger partial charge is 0.337 e. The lowest BCUT2D eigenvalue weighted by Crippen LogP contribution is -2.15. The molecule has 0 spiro atoms. The maximum Gasteiger partial charge on any atom is 0.337 e. The van der Waals surface area contributed by atoms with Gasteiger partial charge >= 0.3 is 5.97 Å². The van der Waals surface area contributed by atoms with Gasteiger partial charge in [0.15, 0.2) is 0 Å². The minimum Gasteiger partial charge on any atom is -0.478 e. The van der Waals surface area contributed by atoms with Crippen molar-refractivity contribution in [2.45, 2.75) is 20.8 Å². The summed E-state index contributed by atoms with van der Waals surface area (Å²) in [5.74, 6) is -1.36. The van der Waals surface area contributed by atoms with E-state index >= 15 is 0 Å². The molecule has 0 aliphatic carbocycles. The normalized spacial score (nSPS) is 10.5. The topological polar surface area (TPSA) is 66.4 Å². The van der Waals surface area contributed by atoms with Crippen molar-refractivity contribution in [2.24, 2.45) is 0 Å².